The standard InChI is InChI=1S/C12H12N4OS/c1-7-13-9-6-4-3-5-8(9)10-11(17)14-12(18-2)15-16(7)10/h3-7H,1-2H3,(H,14,15,17). The summed E-state index contributed by atoms with van der Waals surface area (Å²) in [5, 5.41) is 11.1. The van der Waals surface area contributed by atoms with Crippen molar-refractivity contribution in [3.05, 3.63) is 34.8 Å². The first-order chi connectivity index (χ1) is 8.70. The number of para-hydroxylation sites is 1. The number of carbonyl (C=O) groups excluding carboxylic acids is 1. The van der Waals surface area contributed by atoms with Crippen LogP contribution in [-0.4, -0.2) is 28.5 Å². The fourth-order valence-corrected chi connectivity index (χ4v) is 2.45. The third-order valence-corrected chi connectivity index (χ3v) is 3.47. The molecule has 5 nitrogen and oxygen atoms in total. The number of rotatable bonds is 0. The van der Waals surface area contributed by atoms with Gasteiger partial charge in [-0.1, -0.05) is 30.0 Å². The predicted octanol–water partition coefficient (Wildman–Crippen LogP) is -0.160. The van der Waals surface area contributed by atoms with Crippen LogP contribution < -0.4 is 15.9 Å². The summed E-state index contributed by atoms with van der Waals surface area (Å²) in [4.78, 5) is 16.7. The van der Waals surface area contributed by atoms with Crippen molar-refractivity contribution in [3.8, 4) is 0 Å². The molecule has 0 bridgehead atoms. The minimum atomic E-state index is -0.164. The van der Waals surface area contributed by atoms with E-state index in [1.54, 1.807) is 5.01 Å². The monoisotopic (exact) mass is 260 g/mol. The van der Waals surface area contributed by atoms with Gasteiger partial charge in [0.15, 0.2) is 5.17 Å². The highest BCUT2D eigenvalue weighted by molar-refractivity contribution is 8.13. The lowest BCUT2D eigenvalue weighted by Gasteiger charge is -2.31. The van der Waals surface area contributed by atoms with Crippen LogP contribution in [-0.2, 0) is 4.79 Å². The lowest BCUT2D eigenvalue weighted by molar-refractivity contribution is -0.116. The Morgan fingerprint density at radius 2 is 2.17 bits per heavy atom. The van der Waals surface area contributed by atoms with Crippen LogP contribution in [0.3, 0.4) is 0 Å². The summed E-state index contributed by atoms with van der Waals surface area (Å²) < 4.78 is 0. The molecule has 2 aliphatic heterocycles. The molecule has 2 heterocycles. The Balaban J connectivity index is 2.31. The van der Waals surface area contributed by atoms with Crippen LogP contribution in [0.5, 0.6) is 0 Å². The van der Waals surface area contributed by atoms with E-state index in [0.717, 1.165) is 10.6 Å². The maximum absolute atomic E-state index is 12.2. The maximum Gasteiger partial charge on any atom is 0.276 e. The maximum atomic E-state index is 12.2. The summed E-state index contributed by atoms with van der Waals surface area (Å²) in [5.41, 5.74) is 0.575. The molecule has 1 N–H and O–H groups in total. The number of nitrogens with zero attached hydrogens (tertiary/aromatic N) is 3. The molecule has 1 atom stereocenters. The van der Waals surface area contributed by atoms with E-state index in [-0.39, 0.29) is 12.1 Å². The van der Waals surface area contributed by atoms with Gasteiger partial charge in [0.2, 0.25) is 0 Å². The molecule has 2 aliphatic rings. The second-order valence-corrected chi connectivity index (χ2v) is 4.83. The van der Waals surface area contributed by atoms with Crippen LogP contribution in [0.15, 0.2) is 34.4 Å². The normalized spacial score (nSPS) is 21.6. The molecule has 1 aromatic carbocycles. The van der Waals surface area contributed by atoms with Crippen LogP contribution in [0.25, 0.3) is 5.70 Å². The van der Waals surface area contributed by atoms with Crippen LogP contribution >= 0.6 is 11.8 Å². The number of benzene rings is 1. The van der Waals surface area contributed by atoms with Crippen molar-refractivity contribution in [3.63, 3.8) is 0 Å². The molecular weight excluding hydrogens is 248 g/mol. The van der Waals surface area contributed by atoms with E-state index < -0.39 is 0 Å². The third-order valence-electron chi connectivity index (χ3n) is 2.90. The number of amidine groups is 1. The third kappa shape index (κ3) is 1.60. The fraction of sp³-hybridized carbons (Fsp3) is 0.250. The van der Waals surface area contributed by atoms with Gasteiger partial charge in [0.1, 0.15) is 11.9 Å². The van der Waals surface area contributed by atoms with Gasteiger partial charge in [0, 0.05) is 5.22 Å². The van der Waals surface area contributed by atoms with Gasteiger partial charge in [-0.3, -0.25) is 15.1 Å². The van der Waals surface area contributed by atoms with Crippen molar-refractivity contribution in [2.24, 2.45) is 10.1 Å². The van der Waals surface area contributed by atoms with E-state index in [1.807, 2.05) is 37.4 Å². The summed E-state index contributed by atoms with van der Waals surface area (Å²) >= 11 is 1.41. The Kier molecular flexibility index (Phi) is 2.59. The van der Waals surface area contributed by atoms with Gasteiger partial charge in [-0.15, -0.1) is 5.10 Å². The van der Waals surface area contributed by atoms with E-state index in [0.29, 0.717) is 10.9 Å². The number of carbonyl (C=O) groups is 1. The van der Waals surface area contributed by atoms with Crippen LogP contribution in [0.4, 0.5) is 0 Å². The van der Waals surface area contributed by atoms with Crippen molar-refractivity contribution in [1.29, 1.82) is 0 Å². The number of hydrogen-bond acceptors (Lipinski definition) is 5. The highest BCUT2D eigenvalue weighted by Crippen LogP contribution is 2.18. The van der Waals surface area contributed by atoms with Crippen molar-refractivity contribution in [2.45, 2.75) is 13.1 Å². The Morgan fingerprint density at radius 1 is 1.39 bits per heavy atom. The molecule has 0 spiro atoms. The van der Waals surface area contributed by atoms with E-state index >= 15 is 0 Å². The van der Waals surface area contributed by atoms with Crippen molar-refractivity contribution in [2.75, 3.05) is 6.26 Å². The molecule has 0 fully saturated rings. The zero-order valence-corrected chi connectivity index (χ0v) is 10.9. The smallest absolute Gasteiger partial charge is 0.276 e. The summed E-state index contributed by atoms with van der Waals surface area (Å²) in [6.07, 6.45) is 1.71. The fourth-order valence-electron chi connectivity index (χ4n) is 2.08. The molecule has 18 heavy (non-hydrogen) atoms. The summed E-state index contributed by atoms with van der Waals surface area (Å²) in [6, 6.07) is 7.63. The molecule has 92 valence electrons. The molecule has 1 amide bonds. The second-order valence-electron chi connectivity index (χ2n) is 4.03. The van der Waals surface area contributed by atoms with E-state index in [1.165, 1.54) is 11.8 Å². The molecular formula is C12H12N4OS. The number of hydrogen-bond donors (Lipinski definition) is 1. The molecule has 6 heteroatoms. The second kappa shape index (κ2) is 4.13. The van der Waals surface area contributed by atoms with Crippen molar-refractivity contribution in [1.82, 2.24) is 10.3 Å². The Bertz CT molecular complexity index is 667. The van der Waals surface area contributed by atoms with Gasteiger partial charge in [-0.05, 0) is 19.2 Å². The lowest BCUT2D eigenvalue weighted by Crippen LogP contribution is -2.51. The van der Waals surface area contributed by atoms with Gasteiger partial charge in [-0.2, -0.15) is 0 Å². The zero-order valence-electron chi connectivity index (χ0n) is 10.0. The Labute approximate surface area is 108 Å². The van der Waals surface area contributed by atoms with Crippen molar-refractivity contribution < 1.29 is 4.79 Å². The Hall–Kier alpha value is -1.82. The number of thioether (sulfide) groups is 1. The lowest BCUT2D eigenvalue weighted by atomic mass is 10.2. The average molecular weight is 260 g/mol. The molecule has 1 aromatic rings. The highest BCUT2D eigenvalue weighted by Gasteiger charge is 2.30. The first kappa shape index (κ1) is 11.3. The summed E-state index contributed by atoms with van der Waals surface area (Å²) in [7, 11) is 0. The largest absolute Gasteiger partial charge is 0.298 e. The predicted molar refractivity (Wildman–Crippen MR) is 71.0 cm³/mol. The molecule has 0 radical (unpaired) electrons. The molecule has 3 rings (SSSR count). The van der Waals surface area contributed by atoms with E-state index in [4.69, 9.17) is 0 Å². The molecule has 0 aromatic heterocycles. The number of amides is 1. The number of hydrazone groups is 1. The topological polar surface area (TPSA) is 57.1 Å². The van der Waals surface area contributed by atoms with Gasteiger partial charge < -0.3 is 0 Å². The summed E-state index contributed by atoms with van der Waals surface area (Å²) in [5.74, 6) is -0.122. The van der Waals surface area contributed by atoms with E-state index in [2.05, 4.69) is 15.4 Å². The van der Waals surface area contributed by atoms with Gasteiger partial charge in [0.25, 0.3) is 5.91 Å². The molecule has 0 aliphatic carbocycles. The van der Waals surface area contributed by atoms with Crippen LogP contribution in [0, 0.1) is 0 Å². The zero-order chi connectivity index (χ0) is 12.7. The van der Waals surface area contributed by atoms with Crippen molar-refractivity contribution >= 4 is 28.5 Å². The SMILES string of the molecule is CSC1=NN2C(=c3ccccc3=NC2C)C(=O)N1. The average Bonchev–Trinajstić information content (AvgIpc) is 2.38. The summed E-state index contributed by atoms with van der Waals surface area (Å²) in [6.45, 7) is 1.93. The quantitative estimate of drug-likeness (QED) is 0.705. The highest BCUT2D eigenvalue weighted by atomic mass is 32.2. The molecule has 1 unspecified atom stereocenters. The van der Waals surface area contributed by atoms with Crippen LogP contribution in [0.1, 0.15) is 6.92 Å². The van der Waals surface area contributed by atoms with E-state index in [9.17, 15) is 4.79 Å². The van der Waals surface area contributed by atoms with Gasteiger partial charge in [0.05, 0.1) is 5.36 Å². The van der Waals surface area contributed by atoms with Gasteiger partial charge in [-0.25, -0.2) is 5.01 Å². The van der Waals surface area contributed by atoms with Gasteiger partial charge >= 0.3 is 0 Å². The molecule has 0 saturated carbocycles. The molecule has 0 saturated heterocycles. The minimum absolute atomic E-state index is 0.122. The first-order valence-corrected chi connectivity index (χ1v) is 6.83. The number of nitrogens with one attached hydrogen (secondary N) is 1. The Morgan fingerprint density at radius 3 is 2.94 bits per heavy atom. The number of fused-ring (bicyclic) bond motifs is 2. The minimum Gasteiger partial charge on any atom is -0.298 e. The van der Waals surface area contributed by atoms with Crippen LogP contribution in [0.2, 0.25) is 0 Å². The first-order valence-electron chi connectivity index (χ1n) is 5.61.